The molecule has 0 aromatic carbocycles. The number of aromatic carboxylic acids is 1. The van der Waals surface area contributed by atoms with E-state index >= 15 is 0 Å². The molecule has 1 aromatic heterocycles. The SMILES string of the molecule is CS(=O)(=O)C1CSCCN1c1nc(C2CC2)c(C(=O)O)s1. The number of thioether (sulfide) groups is 1. The molecule has 1 aliphatic carbocycles. The fraction of sp³-hybridized carbons (Fsp3) is 0.667. The number of hydrogen-bond donors (Lipinski definition) is 1. The van der Waals surface area contributed by atoms with E-state index in [0.717, 1.165) is 29.9 Å². The van der Waals surface area contributed by atoms with Crippen molar-refractivity contribution in [2.45, 2.75) is 24.1 Å². The van der Waals surface area contributed by atoms with Crippen molar-refractivity contribution in [3.05, 3.63) is 10.6 Å². The highest BCUT2D eigenvalue weighted by Crippen LogP contribution is 2.44. The molecule has 1 unspecified atom stereocenters. The van der Waals surface area contributed by atoms with Crippen molar-refractivity contribution < 1.29 is 18.3 Å². The van der Waals surface area contributed by atoms with Gasteiger partial charge in [0.1, 0.15) is 10.3 Å². The second-order valence-corrected chi connectivity index (χ2v) is 9.67. The van der Waals surface area contributed by atoms with E-state index in [2.05, 4.69) is 4.98 Å². The van der Waals surface area contributed by atoms with Crippen molar-refractivity contribution in [1.29, 1.82) is 0 Å². The third-order valence-electron chi connectivity index (χ3n) is 3.62. The number of carbonyl (C=O) groups is 1. The molecule has 1 aromatic rings. The predicted molar refractivity (Wildman–Crippen MR) is 84.4 cm³/mol. The van der Waals surface area contributed by atoms with Crippen LogP contribution in [-0.2, 0) is 9.84 Å². The highest BCUT2D eigenvalue weighted by Gasteiger charge is 2.37. The summed E-state index contributed by atoms with van der Waals surface area (Å²) < 4.78 is 23.9. The van der Waals surface area contributed by atoms with E-state index in [1.165, 1.54) is 6.26 Å². The van der Waals surface area contributed by atoms with Gasteiger partial charge in [-0.1, -0.05) is 11.3 Å². The van der Waals surface area contributed by atoms with Crippen molar-refractivity contribution in [3.63, 3.8) is 0 Å². The normalized spacial score (nSPS) is 23.3. The summed E-state index contributed by atoms with van der Waals surface area (Å²) >= 11 is 2.71. The minimum atomic E-state index is -3.23. The van der Waals surface area contributed by atoms with Crippen LogP contribution in [0.3, 0.4) is 0 Å². The first kappa shape index (κ1) is 15.1. The van der Waals surface area contributed by atoms with Gasteiger partial charge in [0.25, 0.3) is 0 Å². The number of thiazole rings is 1. The Hall–Kier alpha value is -0.800. The summed E-state index contributed by atoms with van der Waals surface area (Å²) in [7, 11) is -3.23. The van der Waals surface area contributed by atoms with Crippen LogP contribution < -0.4 is 4.90 Å². The van der Waals surface area contributed by atoms with E-state index in [1.807, 2.05) is 0 Å². The van der Waals surface area contributed by atoms with Crippen molar-refractivity contribution in [2.24, 2.45) is 0 Å². The molecule has 2 heterocycles. The molecule has 9 heteroatoms. The third kappa shape index (κ3) is 3.04. The zero-order valence-electron chi connectivity index (χ0n) is 11.5. The molecule has 116 valence electrons. The van der Waals surface area contributed by atoms with Gasteiger partial charge in [0, 0.05) is 30.2 Å². The minimum absolute atomic E-state index is 0.233. The van der Waals surface area contributed by atoms with Gasteiger partial charge in [-0.25, -0.2) is 18.2 Å². The molecule has 21 heavy (non-hydrogen) atoms. The average molecular weight is 348 g/mol. The van der Waals surface area contributed by atoms with Crippen molar-refractivity contribution in [2.75, 3.05) is 29.2 Å². The van der Waals surface area contributed by atoms with Crippen LogP contribution in [0.25, 0.3) is 0 Å². The number of hydrogen-bond acceptors (Lipinski definition) is 7. The topological polar surface area (TPSA) is 87.6 Å². The van der Waals surface area contributed by atoms with E-state index in [-0.39, 0.29) is 10.8 Å². The summed E-state index contributed by atoms with van der Waals surface area (Å²) in [6, 6.07) is 0. The molecule has 3 rings (SSSR count). The lowest BCUT2D eigenvalue weighted by Crippen LogP contribution is -2.47. The molecule has 0 bridgehead atoms. The van der Waals surface area contributed by atoms with E-state index in [0.29, 0.717) is 23.1 Å². The van der Waals surface area contributed by atoms with Gasteiger partial charge >= 0.3 is 5.97 Å². The highest BCUT2D eigenvalue weighted by molar-refractivity contribution is 8.01. The van der Waals surface area contributed by atoms with E-state index in [1.54, 1.807) is 16.7 Å². The zero-order chi connectivity index (χ0) is 15.2. The van der Waals surface area contributed by atoms with Crippen LogP contribution >= 0.6 is 23.1 Å². The molecule has 1 saturated heterocycles. The van der Waals surface area contributed by atoms with Crippen LogP contribution in [0.5, 0.6) is 0 Å². The zero-order valence-corrected chi connectivity index (χ0v) is 13.9. The quantitative estimate of drug-likeness (QED) is 0.885. The minimum Gasteiger partial charge on any atom is -0.477 e. The summed E-state index contributed by atoms with van der Waals surface area (Å²) in [5, 5.41) is 9.23. The van der Waals surface area contributed by atoms with Crippen LogP contribution in [0.15, 0.2) is 0 Å². The molecule has 0 radical (unpaired) electrons. The smallest absolute Gasteiger partial charge is 0.347 e. The van der Waals surface area contributed by atoms with Gasteiger partial charge in [-0.15, -0.1) is 0 Å². The lowest BCUT2D eigenvalue weighted by atomic mass is 10.2. The van der Waals surface area contributed by atoms with E-state index in [4.69, 9.17) is 0 Å². The van der Waals surface area contributed by atoms with E-state index in [9.17, 15) is 18.3 Å². The second-order valence-electron chi connectivity index (χ2n) is 5.34. The maximum absolute atomic E-state index is 11.9. The molecule has 2 aliphatic rings. The second kappa shape index (κ2) is 5.44. The van der Waals surface area contributed by atoms with Gasteiger partial charge in [-0.3, -0.25) is 0 Å². The van der Waals surface area contributed by atoms with Gasteiger partial charge in [0.05, 0.1) is 5.69 Å². The van der Waals surface area contributed by atoms with Crippen LogP contribution in [0.1, 0.15) is 34.1 Å². The molecule has 1 atom stereocenters. The Labute approximate surface area is 131 Å². The maximum atomic E-state index is 11.9. The Morgan fingerprint density at radius 3 is 2.71 bits per heavy atom. The van der Waals surface area contributed by atoms with Gasteiger partial charge in [0.2, 0.25) is 0 Å². The lowest BCUT2D eigenvalue weighted by molar-refractivity contribution is 0.0700. The number of rotatable bonds is 4. The summed E-state index contributed by atoms with van der Waals surface area (Å²) in [6.07, 6.45) is 3.16. The van der Waals surface area contributed by atoms with Gasteiger partial charge in [0.15, 0.2) is 15.0 Å². The van der Waals surface area contributed by atoms with Crippen molar-refractivity contribution >= 4 is 44.0 Å². The summed E-state index contributed by atoms with van der Waals surface area (Å²) in [5.41, 5.74) is 0.632. The lowest BCUT2D eigenvalue weighted by Gasteiger charge is -2.33. The molecule has 1 N–H and O–H groups in total. The maximum Gasteiger partial charge on any atom is 0.347 e. The summed E-state index contributed by atoms with van der Waals surface area (Å²) in [4.78, 5) is 17.8. The molecule has 0 spiro atoms. The standard InChI is InChI=1S/C12H16N2O4S3/c1-21(17,18)8-6-19-5-4-14(8)12-13-9(7-2-3-7)10(20-12)11(15)16/h7-8H,2-6H2,1H3,(H,15,16). The molecule has 0 amide bonds. The number of carboxylic acid groups (broad SMARTS) is 1. The Bertz CT molecular complexity index is 666. The van der Waals surface area contributed by atoms with Gasteiger partial charge < -0.3 is 10.0 Å². The molecule has 6 nitrogen and oxygen atoms in total. The van der Waals surface area contributed by atoms with E-state index < -0.39 is 21.2 Å². The third-order valence-corrected chi connectivity index (χ3v) is 7.36. The first-order chi connectivity index (χ1) is 9.88. The molecular weight excluding hydrogens is 332 g/mol. The fourth-order valence-electron chi connectivity index (χ4n) is 2.38. The molecule has 1 aliphatic heterocycles. The Balaban J connectivity index is 1.98. The summed E-state index contributed by atoms with van der Waals surface area (Å²) in [5.74, 6) is 0.590. The number of anilines is 1. The van der Waals surface area contributed by atoms with Gasteiger partial charge in [-0.2, -0.15) is 11.8 Å². The Morgan fingerprint density at radius 1 is 1.43 bits per heavy atom. The average Bonchev–Trinajstić information content (AvgIpc) is 3.16. The fourth-order valence-corrected chi connectivity index (χ4v) is 6.34. The van der Waals surface area contributed by atoms with Crippen molar-refractivity contribution in [1.82, 2.24) is 4.98 Å². The van der Waals surface area contributed by atoms with Crippen LogP contribution in [0.2, 0.25) is 0 Å². The largest absolute Gasteiger partial charge is 0.477 e. The molecular formula is C12H16N2O4S3. The first-order valence-electron chi connectivity index (χ1n) is 6.65. The Morgan fingerprint density at radius 2 is 2.14 bits per heavy atom. The molecule has 1 saturated carbocycles. The monoisotopic (exact) mass is 348 g/mol. The predicted octanol–water partition coefficient (Wildman–Crippen LogP) is 1.64. The van der Waals surface area contributed by atoms with Crippen LogP contribution in [0.4, 0.5) is 5.13 Å². The molecule has 2 fully saturated rings. The Kier molecular flexibility index (Phi) is 3.91. The summed E-state index contributed by atoms with van der Waals surface area (Å²) in [6.45, 7) is 0.582. The number of carboxylic acids is 1. The van der Waals surface area contributed by atoms with Crippen molar-refractivity contribution in [3.8, 4) is 0 Å². The number of nitrogens with zero attached hydrogens (tertiary/aromatic N) is 2. The van der Waals surface area contributed by atoms with Gasteiger partial charge in [-0.05, 0) is 12.8 Å². The van der Waals surface area contributed by atoms with Crippen LogP contribution in [-0.4, -0.2) is 54.2 Å². The number of aromatic nitrogens is 1. The number of sulfone groups is 1. The van der Waals surface area contributed by atoms with Crippen LogP contribution in [0, 0.1) is 0 Å². The first-order valence-corrected chi connectivity index (χ1v) is 10.6. The highest BCUT2D eigenvalue weighted by atomic mass is 32.2.